The van der Waals surface area contributed by atoms with Gasteiger partial charge in [0.1, 0.15) is 11.7 Å². The first kappa shape index (κ1) is 33.2. The van der Waals surface area contributed by atoms with Gasteiger partial charge in [0.05, 0.1) is 17.5 Å². The Labute approximate surface area is 244 Å². The normalized spacial score (nSPS) is 12.7. The Balaban J connectivity index is 2.06. The molecular weight excluding hydrogens is 604 g/mol. The lowest BCUT2D eigenvalue weighted by Crippen LogP contribution is -2.41. The molecule has 224 valence electrons. The number of H-pyrrole nitrogens is 1. The number of nitrogens with zero attached hydrogens (tertiary/aromatic N) is 2. The van der Waals surface area contributed by atoms with Gasteiger partial charge in [0.15, 0.2) is 0 Å². The molecule has 15 heteroatoms. The van der Waals surface area contributed by atoms with Gasteiger partial charge in [-0.15, -0.1) is 0 Å². The molecule has 1 aromatic heterocycles. The highest BCUT2D eigenvalue weighted by atomic mass is 79.9. The average molecular weight is 640 g/mol. The highest BCUT2D eigenvalue weighted by Crippen LogP contribution is 2.27. The second-order valence-corrected chi connectivity index (χ2v) is 11.3. The molecule has 7 N–H and O–H groups in total. The van der Waals surface area contributed by atoms with E-state index in [-0.39, 0.29) is 42.6 Å². The monoisotopic (exact) mass is 638 g/mol. The average Bonchev–Trinajstić information content (AvgIpc) is 2.85. The first-order valence-electron chi connectivity index (χ1n) is 12.6. The van der Waals surface area contributed by atoms with Crippen molar-refractivity contribution in [2.45, 2.75) is 52.7 Å². The van der Waals surface area contributed by atoms with Crippen molar-refractivity contribution in [2.24, 2.45) is 5.41 Å². The molecule has 2 atom stereocenters. The number of hydrogen-bond acceptors (Lipinski definition) is 9. The molecule has 2 rings (SSSR count). The van der Waals surface area contributed by atoms with Gasteiger partial charge in [0, 0.05) is 42.0 Å². The number of carbonyl (C=O) groups is 4. The SMILES string of the molecule is Cc1nc(NC(=O)C(C)(C)C)[nH]c(=O)c1NCC(O)CN(C)c1cc(C(=O)N[C@@H](CCC(=O)O)C(=O)O)ccc1Br. The summed E-state index contributed by atoms with van der Waals surface area (Å²) in [6.07, 6.45) is -1.67. The molecule has 1 heterocycles. The molecule has 0 spiro atoms. The first-order chi connectivity index (χ1) is 19.0. The third kappa shape index (κ3) is 9.86. The Morgan fingerprint density at radius 3 is 2.39 bits per heavy atom. The Morgan fingerprint density at radius 2 is 1.83 bits per heavy atom. The lowest BCUT2D eigenvalue weighted by molar-refractivity contribution is -0.140. The Bertz CT molecular complexity index is 1360. The molecule has 0 radical (unpaired) electrons. The molecule has 0 saturated carbocycles. The van der Waals surface area contributed by atoms with E-state index in [1.54, 1.807) is 45.7 Å². The molecule has 2 aromatic rings. The van der Waals surface area contributed by atoms with Crippen molar-refractivity contribution in [3.05, 3.63) is 44.3 Å². The number of carboxylic acids is 2. The summed E-state index contributed by atoms with van der Waals surface area (Å²) in [4.78, 5) is 68.1. The third-order valence-electron chi connectivity index (χ3n) is 5.88. The van der Waals surface area contributed by atoms with E-state index >= 15 is 0 Å². The summed E-state index contributed by atoms with van der Waals surface area (Å²) in [7, 11) is 1.67. The molecule has 41 heavy (non-hydrogen) atoms. The number of aliphatic carboxylic acids is 2. The smallest absolute Gasteiger partial charge is 0.326 e. The van der Waals surface area contributed by atoms with Crippen LogP contribution in [0.5, 0.6) is 0 Å². The predicted octanol–water partition coefficient (Wildman–Crippen LogP) is 1.78. The first-order valence-corrected chi connectivity index (χ1v) is 13.4. The summed E-state index contributed by atoms with van der Waals surface area (Å²) in [5.41, 5.74) is -0.0912. The molecule has 0 aliphatic rings. The van der Waals surface area contributed by atoms with Crippen molar-refractivity contribution in [1.29, 1.82) is 0 Å². The molecule has 14 nitrogen and oxygen atoms in total. The quantitative estimate of drug-likeness (QED) is 0.168. The lowest BCUT2D eigenvalue weighted by Gasteiger charge is -2.25. The van der Waals surface area contributed by atoms with E-state index in [0.717, 1.165) is 0 Å². The maximum absolute atomic E-state index is 12.7. The van der Waals surface area contributed by atoms with Crippen LogP contribution in [0.4, 0.5) is 17.3 Å². The second kappa shape index (κ2) is 14.1. The number of aromatic amines is 1. The third-order valence-corrected chi connectivity index (χ3v) is 6.55. The van der Waals surface area contributed by atoms with Crippen molar-refractivity contribution < 1.29 is 34.5 Å². The fraction of sp³-hybridized carbons (Fsp3) is 0.462. The number of aromatic nitrogens is 2. The van der Waals surface area contributed by atoms with E-state index in [1.165, 1.54) is 12.1 Å². The van der Waals surface area contributed by atoms with E-state index < -0.39 is 47.4 Å². The molecule has 0 fully saturated rings. The largest absolute Gasteiger partial charge is 0.481 e. The minimum Gasteiger partial charge on any atom is -0.481 e. The summed E-state index contributed by atoms with van der Waals surface area (Å²) in [5, 5.41) is 36.5. The molecule has 0 aliphatic heterocycles. The van der Waals surface area contributed by atoms with Gasteiger partial charge in [-0.05, 0) is 47.5 Å². The summed E-state index contributed by atoms with van der Waals surface area (Å²) in [5.74, 6) is -3.52. The lowest BCUT2D eigenvalue weighted by atomic mass is 9.96. The minimum atomic E-state index is -1.37. The van der Waals surface area contributed by atoms with Crippen molar-refractivity contribution in [1.82, 2.24) is 15.3 Å². The number of carboxylic acid groups (broad SMARTS) is 2. The van der Waals surface area contributed by atoms with Gasteiger partial charge < -0.3 is 30.9 Å². The fourth-order valence-corrected chi connectivity index (χ4v) is 4.11. The molecule has 1 aromatic carbocycles. The number of nitrogens with one attached hydrogen (secondary N) is 4. The summed E-state index contributed by atoms with van der Waals surface area (Å²) >= 11 is 3.40. The number of aliphatic hydroxyl groups is 1. The van der Waals surface area contributed by atoms with E-state index in [2.05, 4.69) is 41.8 Å². The number of benzene rings is 1. The number of rotatable bonds is 13. The highest BCUT2D eigenvalue weighted by Gasteiger charge is 2.24. The minimum absolute atomic E-state index is 0.0172. The van der Waals surface area contributed by atoms with Crippen molar-refractivity contribution in [3.63, 3.8) is 0 Å². The van der Waals surface area contributed by atoms with E-state index in [0.29, 0.717) is 15.9 Å². The number of halogens is 1. The maximum Gasteiger partial charge on any atom is 0.326 e. The van der Waals surface area contributed by atoms with Crippen LogP contribution in [-0.4, -0.2) is 81.3 Å². The van der Waals surface area contributed by atoms with E-state index in [9.17, 15) is 34.2 Å². The number of aryl methyl sites for hydroxylation is 1. The van der Waals surface area contributed by atoms with Gasteiger partial charge in [-0.1, -0.05) is 20.8 Å². The number of hydrogen-bond donors (Lipinski definition) is 7. The number of amides is 2. The number of carbonyl (C=O) groups excluding carboxylic acids is 2. The maximum atomic E-state index is 12.7. The van der Waals surface area contributed by atoms with Crippen LogP contribution in [0.15, 0.2) is 27.5 Å². The second-order valence-electron chi connectivity index (χ2n) is 10.5. The highest BCUT2D eigenvalue weighted by molar-refractivity contribution is 9.10. The van der Waals surface area contributed by atoms with Crippen LogP contribution >= 0.6 is 15.9 Å². The number of likely N-dealkylation sites (N-methyl/N-ethyl adjacent to an activating group) is 1. The number of anilines is 3. The zero-order chi connectivity index (χ0) is 31.1. The van der Waals surface area contributed by atoms with Gasteiger partial charge in [0.2, 0.25) is 11.9 Å². The van der Waals surface area contributed by atoms with E-state index in [1.807, 2.05) is 0 Å². The van der Waals surface area contributed by atoms with Gasteiger partial charge >= 0.3 is 11.9 Å². The summed E-state index contributed by atoms with van der Waals surface area (Å²) < 4.78 is 0.599. The fourth-order valence-electron chi connectivity index (χ4n) is 3.56. The van der Waals surface area contributed by atoms with Crippen LogP contribution in [0.25, 0.3) is 0 Å². The summed E-state index contributed by atoms with van der Waals surface area (Å²) in [6.45, 7) is 6.83. The van der Waals surface area contributed by atoms with Crippen molar-refractivity contribution in [3.8, 4) is 0 Å². The van der Waals surface area contributed by atoms with Crippen LogP contribution < -0.4 is 26.4 Å². The van der Waals surface area contributed by atoms with Crippen LogP contribution in [0.1, 0.15) is 49.7 Å². The van der Waals surface area contributed by atoms with Gasteiger partial charge in [-0.2, -0.15) is 0 Å². The molecule has 1 unspecified atom stereocenters. The molecular formula is C26H35BrN6O8. The predicted molar refractivity (Wildman–Crippen MR) is 155 cm³/mol. The Kier molecular flexibility index (Phi) is 11.4. The molecule has 2 amide bonds. The summed E-state index contributed by atoms with van der Waals surface area (Å²) in [6, 6.07) is 3.19. The van der Waals surface area contributed by atoms with Crippen molar-refractivity contribution >= 4 is 57.0 Å². The molecule has 0 aliphatic carbocycles. The standard InChI is InChI=1S/C26H35BrN6O8/c1-13-20(22(38)31-25(29-13)32-24(41)26(2,3)4)28-11-15(34)12-33(5)18-10-14(6-7-16(18)27)21(37)30-17(23(39)40)8-9-19(35)36/h6-7,10,15,17,28,34H,8-9,11-12H2,1-5H3,(H,30,37)(H,35,36)(H,39,40)(H2,29,31,32,38,41)/t15?,17-/m0/s1. The number of aliphatic hydroxyl groups excluding tert-OH is 1. The topological polar surface area (TPSA) is 214 Å². The van der Waals surface area contributed by atoms with Crippen molar-refractivity contribution in [2.75, 3.05) is 35.7 Å². The zero-order valence-corrected chi connectivity index (χ0v) is 25.0. The van der Waals surface area contributed by atoms with Crippen LogP contribution in [-0.2, 0) is 14.4 Å². The van der Waals surface area contributed by atoms with Gasteiger partial charge in [-0.3, -0.25) is 29.5 Å². The Hall–Kier alpha value is -3.98. The van der Waals surface area contributed by atoms with Crippen LogP contribution in [0, 0.1) is 12.3 Å². The molecule has 0 bridgehead atoms. The molecule has 0 saturated heterocycles. The Morgan fingerprint density at radius 1 is 1.17 bits per heavy atom. The zero-order valence-electron chi connectivity index (χ0n) is 23.4. The van der Waals surface area contributed by atoms with Gasteiger partial charge in [0.25, 0.3) is 11.5 Å². The van der Waals surface area contributed by atoms with E-state index in [4.69, 9.17) is 5.11 Å². The van der Waals surface area contributed by atoms with Crippen LogP contribution in [0.3, 0.4) is 0 Å². The van der Waals surface area contributed by atoms with Crippen LogP contribution in [0.2, 0.25) is 0 Å². The van der Waals surface area contributed by atoms with Gasteiger partial charge in [-0.25, -0.2) is 9.78 Å².